The molecule has 2 atom stereocenters. The summed E-state index contributed by atoms with van der Waals surface area (Å²) in [5.41, 5.74) is -0.860. The molecule has 0 aromatic heterocycles. The number of amides is 1. The fourth-order valence-electron chi connectivity index (χ4n) is 2.55. The number of nitriles is 1. The van der Waals surface area contributed by atoms with Gasteiger partial charge in [-0.25, -0.2) is 0 Å². The van der Waals surface area contributed by atoms with Crippen molar-refractivity contribution in [2.75, 3.05) is 13.2 Å². The van der Waals surface area contributed by atoms with Crippen LogP contribution in [0.1, 0.15) is 46.5 Å². The van der Waals surface area contributed by atoms with E-state index in [1.54, 1.807) is 0 Å². The van der Waals surface area contributed by atoms with E-state index in [0.29, 0.717) is 25.3 Å². The Morgan fingerprint density at radius 1 is 1.44 bits per heavy atom. The molecule has 2 unspecified atom stereocenters. The summed E-state index contributed by atoms with van der Waals surface area (Å²) in [5.74, 6) is 0.265. The van der Waals surface area contributed by atoms with E-state index < -0.39 is 5.41 Å². The molecule has 1 fully saturated rings. The molecule has 4 heteroatoms. The molecule has 1 rings (SSSR count). The molecule has 0 bridgehead atoms. The second-order valence-corrected chi connectivity index (χ2v) is 4.98. The third kappa shape index (κ3) is 3.02. The van der Waals surface area contributed by atoms with Gasteiger partial charge in [0.25, 0.3) is 0 Å². The summed E-state index contributed by atoms with van der Waals surface area (Å²) < 4.78 is 5.60. The van der Waals surface area contributed by atoms with Crippen LogP contribution >= 0.6 is 0 Å². The molecule has 0 aromatic rings. The predicted octanol–water partition coefficient (Wildman–Crippen LogP) is 2.25. The van der Waals surface area contributed by atoms with Crippen molar-refractivity contribution in [3.8, 4) is 6.07 Å². The minimum absolute atomic E-state index is 0.128. The lowest BCUT2D eigenvalue weighted by Crippen LogP contribution is -2.42. The highest BCUT2D eigenvalue weighted by atomic mass is 16.5. The predicted molar refractivity (Wildman–Crippen MR) is 69.8 cm³/mol. The van der Waals surface area contributed by atoms with Crippen LogP contribution < -0.4 is 5.32 Å². The molecule has 0 saturated carbocycles. The van der Waals surface area contributed by atoms with Gasteiger partial charge in [0.2, 0.25) is 5.91 Å². The standard InChI is InChI=1S/C14H24N2O2/c1-4-12-11(7-8-18-12)9-16-13(17)14(5-2,6-3)10-15/h11-12H,4-9H2,1-3H3,(H,16,17). The van der Waals surface area contributed by atoms with Gasteiger partial charge >= 0.3 is 0 Å². The van der Waals surface area contributed by atoms with E-state index >= 15 is 0 Å². The number of hydrogen-bond donors (Lipinski definition) is 1. The number of rotatable bonds is 6. The van der Waals surface area contributed by atoms with Crippen LogP contribution in [0.25, 0.3) is 0 Å². The molecule has 1 aliphatic rings. The summed E-state index contributed by atoms with van der Waals surface area (Å²) in [6.07, 6.45) is 3.35. The lowest BCUT2D eigenvalue weighted by molar-refractivity contribution is -0.128. The number of carbonyl (C=O) groups is 1. The first-order valence-electron chi connectivity index (χ1n) is 6.94. The largest absolute Gasteiger partial charge is 0.378 e. The first kappa shape index (κ1) is 15.0. The van der Waals surface area contributed by atoms with Crippen LogP contribution in [0, 0.1) is 22.7 Å². The molecular weight excluding hydrogens is 228 g/mol. The smallest absolute Gasteiger partial charge is 0.240 e. The Hall–Kier alpha value is -1.08. The average molecular weight is 252 g/mol. The number of nitrogens with zero attached hydrogens (tertiary/aromatic N) is 1. The van der Waals surface area contributed by atoms with Gasteiger partial charge in [-0.05, 0) is 25.7 Å². The molecule has 1 heterocycles. The van der Waals surface area contributed by atoms with Crippen LogP contribution in [-0.4, -0.2) is 25.2 Å². The monoisotopic (exact) mass is 252 g/mol. The van der Waals surface area contributed by atoms with E-state index in [2.05, 4.69) is 18.3 Å². The molecular formula is C14H24N2O2. The highest BCUT2D eigenvalue weighted by Crippen LogP contribution is 2.27. The van der Waals surface area contributed by atoms with Crippen molar-refractivity contribution >= 4 is 5.91 Å². The second-order valence-electron chi connectivity index (χ2n) is 4.98. The van der Waals surface area contributed by atoms with E-state index in [1.165, 1.54) is 0 Å². The SMILES string of the molecule is CCC1OCCC1CNC(=O)C(C#N)(CC)CC. The third-order valence-corrected chi connectivity index (χ3v) is 4.13. The lowest BCUT2D eigenvalue weighted by Gasteiger charge is -2.24. The topological polar surface area (TPSA) is 62.1 Å². The average Bonchev–Trinajstić information content (AvgIpc) is 2.86. The van der Waals surface area contributed by atoms with Crippen molar-refractivity contribution in [1.82, 2.24) is 5.32 Å². The van der Waals surface area contributed by atoms with Gasteiger partial charge in [0.15, 0.2) is 0 Å². The maximum absolute atomic E-state index is 12.1. The van der Waals surface area contributed by atoms with Crippen molar-refractivity contribution in [2.45, 2.75) is 52.6 Å². The van der Waals surface area contributed by atoms with Crippen molar-refractivity contribution in [1.29, 1.82) is 5.26 Å². The zero-order valence-electron chi connectivity index (χ0n) is 11.7. The molecule has 1 N–H and O–H groups in total. The Morgan fingerprint density at radius 3 is 2.61 bits per heavy atom. The number of nitrogens with one attached hydrogen (secondary N) is 1. The Kier molecular flexibility index (Phi) is 5.61. The third-order valence-electron chi connectivity index (χ3n) is 4.13. The highest BCUT2D eigenvalue weighted by molar-refractivity contribution is 5.85. The van der Waals surface area contributed by atoms with Gasteiger partial charge in [-0.3, -0.25) is 4.79 Å². The van der Waals surface area contributed by atoms with Crippen molar-refractivity contribution in [2.24, 2.45) is 11.3 Å². The number of hydrogen-bond acceptors (Lipinski definition) is 3. The van der Waals surface area contributed by atoms with Crippen LogP contribution in [0.5, 0.6) is 0 Å². The van der Waals surface area contributed by atoms with Crippen LogP contribution in [0.4, 0.5) is 0 Å². The summed E-state index contributed by atoms with van der Waals surface area (Å²) in [6, 6.07) is 2.17. The van der Waals surface area contributed by atoms with Crippen molar-refractivity contribution in [3.63, 3.8) is 0 Å². The summed E-state index contributed by atoms with van der Waals surface area (Å²) in [6.45, 7) is 7.28. The Morgan fingerprint density at radius 2 is 2.11 bits per heavy atom. The molecule has 102 valence electrons. The van der Waals surface area contributed by atoms with Crippen LogP contribution in [0.3, 0.4) is 0 Å². The van der Waals surface area contributed by atoms with Crippen molar-refractivity contribution in [3.05, 3.63) is 0 Å². The van der Waals surface area contributed by atoms with Crippen LogP contribution in [0.2, 0.25) is 0 Å². The van der Waals surface area contributed by atoms with E-state index in [9.17, 15) is 10.1 Å². The molecule has 1 amide bonds. The normalized spacial score (nSPS) is 23.7. The molecule has 0 radical (unpaired) electrons. The Bertz CT molecular complexity index is 318. The molecule has 1 aliphatic heterocycles. The number of carbonyl (C=O) groups excluding carboxylic acids is 1. The Balaban J connectivity index is 2.53. The first-order chi connectivity index (χ1) is 8.63. The summed E-state index contributed by atoms with van der Waals surface area (Å²) in [7, 11) is 0. The maximum Gasteiger partial charge on any atom is 0.240 e. The van der Waals surface area contributed by atoms with Crippen LogP contribution in [0.15, 0.2) is 0 Å². The van der Waals surface area contributed by atoms with Crippen LogP contribution in [-0.2, 0) is 9.53 Å². The van der Waals surface area contributed by atoms with E-state index in [4.69, 9.17) is 4.74 Å². The zero-order chi connectivity index (χ0) is 13.6. The van der Waals surface area contributed by atoms with E-state index in [0.717, 1.165) is 19.4 Å². The van der Waals surface area contributed by atoms with Gasteiger partial charge < -0.3 is 10.1 Å². The summed E-state index contributed by atoms with van der Waals surface area (Å²) in [5, 5.41) is 12.1. The maximum atomic E-state index is 12.1. The molecule has 0 aliphatic carbocycles. The minimum atomic E-state index is -0.860. The van der Waals surface area contributed by atoms with Gasteiger partial charge in [-0.2, -0.15) is 5.26 Å². The quantitative estimate of drug-likeness (QED) is 0.788. The second kappa shape index (κ2) is 6.75. The summed E-state index contributed by atoms with van der Waals surface area (Å²) in [4.78, 5) is 12.1. The van der Waals surface area contributed by atoms with Gasteiger partial charge in [0.05, 0.1) is 12.2 Å². The highest BCUT2D eigenvalue weighted by Gasteiger charge is 2.36. The van der Waals surface area contributed by atoms with E-state index in [1.807, 2.05) is 13.8 Å². The van der Waals surface area contributed by atoms with Gasteiger partial charge in [0.1, 0.15) is 5.41 Å². The molecule has 18 heavy (non-hydrogen) atoms. The van der Waals surface area contributed by atoms with E-state index in [-0.39, 0.29) is 12.0 Å². The Labute approximate surface area is 110 Å². The summed E-state index contributed by atoms with van der Waals surface area (Å²) >= 11 is 0. The number of ether oxygens (including phenoxy) is 1. The minimum Gasteiger partial charge on any atom is -0.378 e. The lowest BCUT2D eigenvalue weighted by atomic mass is 9.83. The fraction of sp³-hybridized carbons (Fsp3) is 0.857. The molecule has 1 saturated heterocycles. The van der Waals surface area contributed by atoms with Gasteiger partial charge in [-0.15, -0.1) is 0 Å². The van der Waals surface area contributed by atoms with Gasteiger partial charge in [-0.1, -0.05) is 20.8 Å². The van der Waals surface area contributed by atoms with Crippen molar-refractivity contribution < 1.29 is 9.53 Å². The zero-order valence-corrected chi connectivity index (χ0v) is 11.7. The fourth-order valence-corrected chi connectivity index (χ4v) is 2.55. The molecule has 0 spiro atoms. The molecule has 4 nitrogen and oxygen atoms in total. The molecule has 0 aromatic carbocycles. The van der Waals surface area contributed by atoms with Gasteiger partial charge in [0, 0.05) is 19.1 Å². The first-order valence-corrected chi connectivity index (χ1v) is 6.94.